The van der Waals surface area contributed by atoms with Crippen molar-refractivity contribution in [2.24, 2.45) is 4.99 Å². The molecular formula is C19H12ClN5O2S. The Hall–Kier alpha value is -3.23. The summed E-state index contributed by atoms with van der Waals surface area (Å²) in [7, 11) is 0. The SMILES string of the molecule is CC1=CC2=NC(=O)/C(=C/c3c(-c4ccc(Cl)cc4)nc4sccn34)C(=N)N2O1. The highest BCUT2D eigenvalue weighted by Gasteiger charge is 2.34. The molecule has 0 saturated heterocycles. The predicted molar refractivity (Wildman–Crippen MR) is 108 cm³/mol. The minimum Gasteiger partial charge on any atom is -0.376 e. The number of imidazole rings is 1. The maximum absolute atomic E-state index is 12.6. The van der Waals surface area contributed by atoms with E-state index in [9.17, 15) is 4.79 Å². The molecule has 0 unspecified atom stereocenters. The smallest absolute Gasteiger partial charge is 0.283 e. The van der Waals surface area contributed by atoms with Crippen LogP contribution in [0.15, 0.2) is 58.2 Å². The van der Waals surface area contributed by atoms with Crippen molar-refractivity contribution in [2.75, 3.05) is 0 Å². The fraction of sp³-hybridized carbons (Fsp3) is 0.0526. The van der Waals surface area contributed by atoms with E-state index in [1.54, 1.807) is 31.2 Å². The van der Waals surface area contributed by atoms with Gasteiger partial charge in [0.15, 0.2) is 16.6 Å². The quantitative estimate of drug-likeness (QED) is 0.644. The number of amides is 1. The number of allylic oxidation sites excluding steroid dienone is 1. The molecule has 3 aromatic rings. The lowest BCUT2D eigenvalue weighted by atomic mass is 10.1. The van der Waals surface area contributed by atoms with Gasteiger partial charge in [-0.25, -0.2) is 4.98 Å². The van der Waals surface area contributed by atoms with Crippen molar-refractivity contribution in [3.05, 3.63) is 64.0 Å². The molecule has 2 aliphatic rings. The summed E-state index contributed by atoms with van der Waals surface area (Å²) in [5.74, 6) is 0.342. The zero-order valence-corrected chi connectivity index (χ0v) is 16.1. The number of hydrogen-bond donors (Lipinski definition) is 1. The number of nitrogens with zero attached hydrogens (tertiary/aromatic N) is 4. The first kappa shape index (κ1) is 16.9. The van der Waals surface area contributed by atoms with E-state index in [1.807, 2.05) is 28.1 Å². The lowest BCUT2D eigenvalue weighted by Crippen LogP contribution is -2.38. The number of carbonyl (C=O) groups is 1. The summed E-state index contributed by atoms with van der Waals surface area (Å²) in [4.78, 5) is 27.6. The second-order valence-corrected chi connectivity index (χ2v) is 7.54. The second-order valence-electron chi connectivity index (χ2n) is 6.23. The van der Waals surface area contributed by atoms with Gasteiger partial charge in [0.25, 0.3) is 5.91 Å². The first-order valence-electron chi connectivity index (χ1n) is 8.33. The Morgan fingerprint density at radius 3 is 2.86 bits per heavy atom. The van der Waals surface area contributed by atoms with Crippen molar-refractivity contribution in [3.63, 3.8) is 0 Å². The van der Waals surface area contributed by atoms with E-state index in [-0.39, 0.29) is 11.4 Å². The Bertz CT molecular complexity index is 1250. The average molecular weight is 410 g/mol. The summed E-state index contributed by atoms with van der Waals surface area (Å²) < 4.78 is 1.88. The number of halogens is 1. The number of fused-ring (bicyclic) bond motifs is 2. The topological polar surface area (TPSA) is 83.1 Å². The van der Waals surface area contributed by atoms with E-state index in [0.717, 1.165) is 10.5 Å². The van der Waals surface area contributed by atoms with E-state index < -0.39 is 5.91 Å². The van der Waals surface area contributed by atoms with Gasteiger partial charge in [0, 0.05) is 28.2 Å². The van der Waals surface area contributed by atoms with Gasteiger partial charge in [-0.05, 0) is 25.1 Å². The number of amidine groups is 2. The third-order valence-electron chi connectivity index (χ3n) is 4.38. The van der Waals surface area contributed by atoms with Crippen LogP contribution in [0.25, 0.3) is 22.3 Å². The molecule has 0 bridgehead atoms. The summed E-state index contributed by atoms with van der Waals surface area (Å²) >= 11 is 7.49. The maximum Gasteiger partial charge on any atom is 0.283 e. The Labute approximate surface area is 168 Å². The molecule has 9 heteroatoms. The molecule has 0 fully saturated rings. The number of hydroxylamine groups is 2. The van der Waals surface area contributed by atoms with Crippen LogP contribution in [0.2, 0.25) is 5.02 Å². The number of carbonyl (C=O) groups excluding carboxylic acids is 1. The molecule has 28 heavy (non-hydrogen) atoms. The highest BCUT2D eigenvalue weighted by molar-refractivity contribution is 7.15. The molecule has 0 saturated carbocycles. The van der Waals surface area contributed by atoms with Crippen LogP contribution in [0.4, 0.5) is 0 Å². The average Bonchev–Trinajstić information content (AvgIpc) is 3.34. The Kier molecular flexibility index (Phi) is 3.71. The summed E-state index contributed by atoms with van der Waals surface area (Å²) in [6, 6.07) is 7.33. The number of thiazole rings is 1. The second kappa shape index (κ2) is 6.15. The molecule has 0 atom stereocenters. The highest BCUT2D eigenvalue weighted by atomic mass is 35.5. The number of benzene rings is 1. The van der Waals surface area contributed by atoms with Gasteiger partial charge in [-0.3, -0.25) is 14.6 Å². The number of aromatic nitrogens is 2. The Morgan fingerprint density at radius 2 is 2.07 bits per heavy atom. The molecule has 2 aromatic heterocycles. The fourth-order valence-electron chi connectivity index (χ4n) is 3.10. The van der Waals surface area contributed by atoms with Gasteiger partial charge in [-0.2, -0.15) is 4.99 Å². The number of rotatable bonds is 2. The first-order chi connectivity index (χ1) is 13.5. The van der Waals surface area contributed by atoms with Crippen molar-refractivity contribution < 1.29 is 9.63 Å². The van der Waals surface area contributed by atoms with Gasteiger partial charge in [0.2, 0.25) is 0 Å². The van der Waals surface area contributed by atoms with E-state index >= 15 is 0 Å². The van der Waals surface area contributed by atoms with Gasteiger partial charge in [0.1, 0.15) is 5.76 Å². The van der Waals surface area contributed by atoms with Crippen LogP contribution in [0.1, 0.15) is 12.6 Å². The molecule has 2 aliphatic heterocycles. The van der Waals surface area contributed by atoms with Crippen molar-refractivity contribution >= 4 is 51.6 Å². The molecular weight excluding hydrogens is 398 g/mol. The third-order valence-corrected chi connectivity index (χ3v) is 5.39. The normalized spacial score (nSPS) is 17.8. The monoisotopic (exact) mass is 409 g/mol. The van der Waals surface area contributed by atoms with Crippen molar-refractivity contribution in [1.82, 2.24) is 14.4 Å². The lowest BCUT2D eigenvalue weighted by Gasteiger charge is -2.22. The van der Waals surface area contributed by atoms with Crippen LogP contribution in [-0.4, -0.2) is 32.0 Å². The standard InChI is InChI=1S/C19H12ClN5O2S/c1-10-8-15-22-18(26)13(17(21)25(15)27-10)9-14-16(11-2-4-12(20)5-3-11)23-19-24(14)6-7-28-19/h2-9,21H,1H3/b13-9+,21-17?. The van der Waals surface area contributed by atoms with Crippen LogP contribution >= 0.6 is 22.9 Å². The molecule has 1 aromatic carbocycles. The Morgan fingerprint density at radius 1 is 1.29 bits per heavy atom. The zero-order chi connectivity index (χ0) is 19.4. The molecule has 138 valence electrons. The van der Waals surface area contributed by atoms with Gasteiger partial charge < -0.3 is 4.84 Å². The van der Waals surface area contributed by atoms with Crippen LogP contribution < -0.4 is 0 Å². The molecule has 5 rings (SSSR count). The third kappa shape index (κ3) is 2.57. The summed E-state index contributed by atoms with van der Waals surface area (Å²) in [6.07, 6.45) is 5.14. The van der Waals surface area contributed by atoms with Gasteiger partial charge in [0.05, 0.1) is 17.0 Å². The van der Waals surface area contributed by atoms with Crippen molar-refractivity contribution in [2.45, 2.75) is 6.92 Å². The molecule has 0 aliphatic carbocycles. The van der Waals surface area contributed by atoms with E-state index in [1.165, 1.54) is 16.4 Å². The minimum absolute atomic E-state index is 0.0599. The van der Waals surface area contributed by atoms with Crippen molar-refractivity contribution in [1.29, 1.82) is 5.41 Å². The molecule has 7 nitrogen and oxygen atoms in total. The van der Waals surface area contributed by atoms with Gasteiger partial charge in [-0.1, -0.05) is 23.7 Å². The minimum atomic E-state index is -0.488. The molecule has 0 radical (unpaired) electrons. The number of aliphatic imine (C=N–C) groups is 1. The van der Waals surface area contributed by atoms with Crippen molar-refractivity contribution in [3.8, 4) is 11.3 Å². The lowest BCUT2D eigenvalue weighted by molar-refractivity contribution is -0.114. The number of nitrogens with one attached hydrogen (secondary N) is 1. The largest absolute Gasteiger partial charge is 0.376 e. The molecule has 1 amide bonds. The highest BCUT2D eigenvalue weighted by Crippen LogP contribution is 2.31. The Balaban J connectivity index is 1.67. The zero-order valence-electron chi connectivity index (χ0n) is 14.5. The molecule has 4 heterocycles. The maximum atomic E-state index is 12.6. The molecule has 0 spiro atoms. The van der Waals surface area contributed by atoms with Gasteiger partial charge >= 0.3 is 0 Å². The fourth-order valence-corrected chi connectivity index (χ4v) is 3.95. The van der Waals surface area contributed by atoms with E-state index in [2.05, 4.69) is 9.98 Å². The first-order valence-corrected chi connectivity index (χ1v) is 9.58. The molecule has 1 N–H and O–H groups in total. The number of hydrogen-bond acceptors (Lipinski definition) is 5. The predicted octanol–water partition coefficient (Wildman–Crippen LogP) is 4.17. The summed E-state index contributed by atoms with van der Waals surface area (Å²) in [6.45, 7) is 1.74. The van der Waals surface area contributed by atoms with Crippen LogP contribution in [0.3, 0.4) is 0 Å². The summed E-state index contributed by atoms with van der Waals surface area (Å²) in [5, 5.41) is 12.2. The summed E-state index contributed by atoms with van der Waals surface area (Å²) in [5.41, 5.74) is 2.38. The van der Waals surface area contributed by atoms with Crippen LogP contribution in [0.5, 0.6) is 0 Å². The van der Waals surface area contributed by atoms with E-state index in [4.69, 9.17) is 21.8 Å². The van der Waals surface area contributed by atoms with Crippen LogP contribution in [-0.2, 0) is 9.63 Å². The van der Waals surface area contributed by atoms with E-state index in [0.29, 0.717) is 28.0 Å². The van der Waals surface area contributed by atoms with Gasteiger partial charge in [-0.15, -0.1) is 16.4 Å². The van der Waals surface area contributed by atoms with Crippen LogP contribution in [0, 0.1) is 5.41 Å².